The minimum atomic E-state index is -0.349. The Morgan fingerprint density at radius 3 is 2.07 bits per heavy atom. The van der Waals surface area contributed by atoms with Crippen LogP contribution in [-0.4, -0.2) is 26.3 Å². The highest BCUT2D eigenvalue weighted by atomic mass is 16.5. The fourth-order valence-corrected chi connectivity index (χ4v) is 2.98. The number of rotatable bonds is 8. The maximum Gasteiger partial charge on any atom is 0.247 e. The molecule has 29 heavy (non-hydrogen) atoms. The largest absolute Gasteiger partial charge is 0.497 e. The summed E-state index contributed by atoms with van der Waals surface area (Å²) in [6.07, 6.45) is 2.19. The van der Waals surface area contributed by atoms with E-state index >= 15 is 0 Å². The first kappa shape index (κ1) is 20.1. The third kappa shape index (κ3) is 5.69. The van der Waals surface area contributed by atoms with Crippen LogP contribution in [0.1, 0.15) is 22.6 Å². The molecule has 5 nitrogen and oxygen atoms in total. The van der Waals surface area contributed by atoms with Crippen LogP contribution in [0, 0.1) is 0 Å². The van der Waals surface area contributed by atoms with Gasteiger partial charge in [-0.1, -0.05) is 42.5 Å². The van der Waals surface area contributed by atoms with Crippen molar-refractivity contribution in [2.75, 3.05) is 14.2 Å². The highest BCUT2D eigenvalue weighted by Crippen LogP contribution is 2.23. The number of carbonyl (C=O) groups is 1. The first-order chi connectivity index (χ1) is 14.2. The molecule has 1 atom stereocenters. The maximum atomic E-state index is 12.9. The van der Waals surface area contributed by atoms with Gasteiger partial charge in [-0.25, -0.2) is 5.43 Å². The number of amides is 1. The van der Waals surface area contributed by atoms with Crippen LogP contribution in [0.4, 0.5) is 0 Å². The van der Waals surface area contributed by atoms with E-state index in [4.69, 9.17) is 9.47 Å². The highest BCUT2D eigenvalue weighted by Gasteiger charge is 2.20. The van der Waals surface area contributed by atoms with Crippen molar-refractivity contribution in [2.45, 2.75) is 12.3 Å². The van der Waals surface area contributed by atoms with Crippen LogP contribution in [0.2, 0.25) is 0 Å². The molecule has 5 heteroatoms. The van der Waals surface area contributed by atoms with E-state index in [1.54, 1.807) is 20.4 Å². The standard InChI is InChI=1S/C24H24N2O3/c1-28-21-12-8-18(9-13-21)16-23(20-6-4-3-5-7-20)24(27)26-25-17-19-10-14-22(29-2)15-11-19/h3-15,17,23H,16H2,1-2H3,(H,26,27)/b25-17+. The summed E-state index contributed by atoms with van der Waals surface area (Å²) in [4.78, 5) is 12.9. The molecule has 0 saturated carbocycles. The number of ether oxygens (including phenoxy) is 2. The summed E-state index contributed by atoms with van der Waals surface area (Å²) < 4.78 is 10.4. The zero-order valence-corrected chi connectivity index (χ0v) is 16.5. The van der Waals surface area contributed by atoms with Gasteiger partial charge >= 0.3 is 0 Å². The lowest BCUT2D eigenvalue weighted by Crippen LogP contribution is -2.27. The average Bonchev–Trinajstić information content (AvgIpc) is 2.79. The molecule has 1 N–H and O–H groups in total. The van der Waals surface area contributed by atoms with Gasteiger partial charge in [-0.05, 0) is 59.5 Å². The van der Waals surface area contributed by atoms with Gasteiger partial charge in [0.15, 0.2) is 0 Å². The second-order valence-corrected chi connectivity index (χ2v) is 6.52. The Hall–Kier alpha value is -3.60. The molecule has 3 aromatic rings. The quantitative estimate of drug-likeness (QED) is 0.465. The molecule has 0 aromatic heterocycles. The summed E-state index contributed by atoms with van der Waals surface area (Å²) in [6, 6.07) is 24.9. The van der Waals surface area contributed by atoms with E-state index in [0.717, 1.165) is 28.2 Å². The zero-order chi connectivity index (χ0) is 20.5. The molecule has 1 unspecified atom stereocenters. The predicted molar refractivity (Wildman–Crippen MR) is 115 cm³/mol. The van der Waals surface area contributed by atoms with Crippen LogP contribution in [0.3, 0.4) is 0 Å². The van der Waals surface area contributed by atoms with Gasteiger partial charge in [-0.15, -0.1) is 0 Å². The number of nitrogens with zero attached hydrogens (tertiary/aromatic N) is 1. The Morgan fingerprint density at radius 1 is 0.897 bits per heavy atom. The number of nitrogens with one attached hydrogen (secondary N) is 1. The lowest BCUT2D eigenvalue weighted by atomic mass is 9.91. The number of methoxy groups -OCH3 is 2. The van der Waals surface area contributed by atoms with Gasteiger partial charge in [-0.3, -0.25) is 4.79 Å². The van der Waals surface area contributed by atoms with Crippen molar-refractivity contribution in [2.24, 2.45) is 5.10 Å². The minimum absolute atomic E-state index is 0.156. The van der Waals surface area contributed by atoms with Crippen molar-refractivity contribution < 1.29 is 14.3 Å². The monoisotopic (exact) mass is 388 g/mol. The van der Waals surface area contributed by atoms with Gasteiger partial charge < -0.3 is 9.47 Å². The number of hydrazone groups is 1. The van der Waals surface area contributed by atoms with Gasteiger partial charge in [0.05, 0.1) is 26.4 Å². The minimum Gasteiger partial charge on any atom is -0.497 e. The fraction of sp³-hybridized carbons (Fsp3) is 0.167. The molecular formula is C24H24N2O3. The van der Waals surface area contributed by atoms with E-state index in [9.17, 15) is 4.79 Å². The molecule has 0 spiro atoms. The molecule has 1 amide bonds. The van der Waals surface area contributed by atoms with Crippen LogP contribution in [0.15, 0.2) is 84.0 Å². The van der Waals surface area contributed by atoms with Crippen LogP contribution in [-0.2, 0) is 11.2 Å². The SMILES string of the molecule is COc1ccc(/C=N/NC(=O)C(Cc2ccc(OC)cc2)c2ccccc2)cc1. The zero-order valence-electron chi connectivity index (χ0n) is 16.5. The molecule has 3 aromatic carbocycles. The maximum absolute atomic E-state index is 12.9. The first-order valence-corrected chi connectivity index (χ1v) is 9.34. The van der Waals surface area contributed by atoms with Gasteiger partial charge in [0.25, 0.3) is 0 Å². The Balaban J connectivity index is 1.72. The number of carbonyl (C=O) groups excluding carboxylic acids is 1. The van der Waals surface area contributed by atoms with Crippen LogP contribution < -0.4 is 14.9 Å². The number of benzene rings is 3. The van der Waals surface area contributed by atoms with Gasteiger partial charge in [-0.2, -0.15) is 5.10 Å². The van der Waals surface area contributed by atoms with E-state index in [1.807, 2.05) is 78.9 Å². The summed E-state index contributed by atoms with van der Waals surface area (Å²) in [5.74, 6) is 1.06. The van der Waals surface area contributed by atoms with Crippen molar-refractivity contribution in [1.82, 2.24) is 5.43 Å². The second kappa shape index (κ2) is 10.1. The smallest absolute Gasteiger partial charge is 0.247 e. The van der Waals surface area contributed by atoms with Crippen molar-refractivity contribution in [3.8, 4) is 11.5 Å². The van der Waals surface area contributed by atoms with Crippen molar-refractivity contribution in [3.05, 3.63) is 95.6 Å². The van der Waals surface area contributed by atoms with E-state index in [-0.39, 0.29) is 11.8 Å². The molecule has 0 saturated heterocycles. The van der Waals surface area contributed by atoms with E-state index < -0.39 is 0 Å². The van der Waals surface area contributed by atoms with E-state index in [1.165, 1.54) is 0 Å². The first-order valence-electron chi connectivity index (χ1n) is 9.34. The number of hydrogen-bond donors (Lipinski definition) is 1. The molecule has 0 bridgehead atoms. The van der Waals surface area contributed by atoms with E-state index in [2.05, 4.69) is 10.5 Å². The van der Waals surface area contributed by atoms with E-state index in [0.29, 0.717) is 6.42 Å². The van der Waals surface area contributed by atoms with Crippen LogP contribution in [0.25, 0.3) is 0 Å². The lowest BCUT2D eigenvalue weighted by molar-refractivity contribution is -0.122. The molecule has 0 heterocycles. The topological polar surface area (TPSA) is 59.9 Å². The highest BCUT2D eigenvalue weighted by molar-refractivity contribution is 5.86. The van der Waals surface area contributed by atoms with Crippen LogP contribution >= 0.6 is 0 Å². The second-order valence-electron chi connectivity index (χ2n) is 6.52. The average molecular weight is 388 g/mol. The Kier molecular flexibility index (Phi) is 7.00. The third-order valence-electron chi connectivity index (χ3n) is 4.62. The van der Waals surface area contributed by atoms with Crippen LogP contribution in [0.5, 0.6) is 11.5 Å². The third-order valence-corrected chi connectivity index (χ3v) is 4.62. The fourth-order valence-electron chi connectivity index (χ4n) is 2.98. The Bertz CT molecular complexity index is 936. The van der Waals surface area contributed by atoms with Gasteiger partial charge in [0, 0.05) is 0 Å². The van der Waals surface area contributed by atoms with Gasteiger partial charge in [0.2, 0.25) is 5.91 Å². The summed E-state index contributed by atoms with van der Waals surface area (Å²) in [5.41, 5.74) is 5.54. The normalized spacial score (nSPS) is 11.8. The molecular weight excluding hydrogens is 364 g/mol. The van der Waals surface area contributed by atoms with Crippen molar-refractivity contribution in [3.63, 3.8) is 0 Å². The summed E-state index contributed by atoms with van der Waals surface area (Å²) in [5, 5.41) is 4.13. The molecule has 0 aliphatic heterocycles. The number of hydrogen-bond acceptors (Lipinski definition) is 4. The predicted octanol–water partition coefficient (Wildman–Crippen LogP) is 4.18. The molecule has 0 aliphatic carbocycles. The lowest BCUT2D eigenvalue weighted by Gasteiger charge is -2.16. The summed E-state index contributed by atoms with van der Waals surface area (Å²) in [6.45, 7) is 0. The van der Waals surface area contributed by atoms with Crippen molar-refractivity contribution in [1.29, 1.82) is 0 Å². The summed E-state index contributed by atoms with van der Waals surface area (Å²) in [7, 11) is 3.26. The Labute approximate surface area is 171 Å². The summed E-state index contributed by atoms with van der Waals surface area (Å²) >= 11 is 0. The van der Waals surface area contributed by atoms with Crippen molar-refractivity contribution >= 4 is 12.1 Å². The molecule has 148 valence electrons. The molecule has 3 rings (SSSR count). The Morgan fingerprint density at radius 2 is 1.48 bits per heavy atom. The van der Waals surface area contributed by atoms with Gasteiger partial charge in [0.1, 0.15) is 11.5 Å². The molecule has 0 fully saturated rings. The molecule has 0 radical (unpaired) electrons. The molecule has 0 aliphatic rings.